The molecule has 0 bridgehead atoms. The summed E-state index contributed by atoms with van der Waals surface area (Å²) in [4.78, 5) is 4.16. The summed E-state index contributed by atoms with van der Waals surface area (Å²) in [5, 5.41) is 8.64. The Morgan fingerprint density at radius 3 is 2.48 bits per heavy atom. The van der Waals surface area contributed by atoms with Gasteiger partial charge in [-0.3, -0.25) is 4.68 Å². The largest absolute Gasteiger partial charge is 0.268 e. The fourth-order valence-corrected chi connectivity index (χ4v) is 2.76. The topological polar surface area (TPSA) is 48.0 Å². The first-order chi connectivity index (χ1) is 13.0. The molecule has 0 radical (unpaired) electrons. The third-order valence-electron chi connectivity index (χ3n) is 3.80. The van der Waals surface area contributed by atoms with E-state index in [-0.39, 0.29) is 22.5 Å². The van der Waals surface area contributed by atoms with E-state index >= 15 is 0 Å². The van der Waals surface area contributed by atoms with E-state index in [2.05, 4.69) is 15.2 Å². The van der Waals surface area contributed by atoms with Gasteiger partial charge in [-0.15, -0.1) is 0 Å². The van der Waals surface area contributed by atoms with Crippen molar-refractivity contribution in [2.75, 3.05) is 0 Å². The lowest BCUT2D eigenvalue weighted by molar-refractivity contribution is 0.567. The van der Waals surface area contributed by atoms with Gasteiger partial charge in [0.25, 0.3) is 0 Å². The first-order valence-corrected chi connectivity index (χ1v) is 9.20. The van der Waals surface area contributed by atoms with Crippen molar-refractivity contribution < 1.29 is 8.78 Å². The van der Waals surface area contributed by atoms with Gasteiger partial charge in [0.15, 0.2) is 5.65 Å². The summed E-state index contributed by atoms with van der Waals surface area (Å²) >= 11 is 5.88. The lowest BCUT2D eigenvalue weighted by atomic mass is 10.1. The van der Waals surface area contributed by atoms with E-state index in [9.17, 15) is 8.78 Å². The van der Waals surface area contributed by atoms with Crippen LogP contribution >= 0.6 is 11.6 Å². The zero-order valence-corrected chi connectivity index (χ0v) is 16.7. The summed E-state index contributed by atoms with van der Waals surface area (Å²) in [6, 6.07) is 4.58. The molecule has 0 saturated heterocycles. The molecule has 144 valence electrons. The summed E-state index contributed by atoms with van der Waals surface area (Å²) in [5.74, 6) is -1.25. The van der Waals surface area contributed by atoms with Crippen molar-refractivity contribution in [1.29, 1.82) is 0 Å². The average Bonchev–Trinajstić information content (AvgIpc) is 3.25. The molecule has 8 heteroatoms. The summed E-state index contributed by atoms with van der Waals surface area (Å²) in [7, 11) is 1.64. The number of benzene rings is 1. The van der Waals surface area contributed by atoms with Crippen molar-refractivity contribution in [3.8, 4) is 0 Å². The summed E-state index contributed by atoms with van der Waals surface area (Å²) < 4.78 is 31.9. The number of aryl methyl sites for hydroxylation is 1. The molecule has 0 aliphatic heterocycles. The molecule has 27 heavy (non-hydrogen) atoms. The van der Waals surface area contributed by atoms with Gasteiger partial charge < -0.3 is 0 Å². The fraction of sp³-hybridized carbons (Fsp3) is 0.316. The van der Waals surface area contributed by atoms with Crippen LogP contribution in [0.1, 0.15) is 39.0 Å². The maximum atomic E-state index is 14.6. The Morgan fingerprint density at radius 2 is 1.78 bits per heavy atom. The number of imidazole rings is 1. The van der Waals surface area contributed by atoms with Gasteiger partial charge in [0, 0.05) is 25.1 Å². The van der Waals surface area contributed by atoms with Crippen LogP contribution in [-0.2, 0) is 13.5 Å². The van der Waals surface area contributed by atoms with Crippen molar-refractivity contribution in [3.05, 3.63) is 58.6 Å². The molecule has 0 saturated carbocycles. The first kappa shape index (κ1) is 20.8. The molecule has 0 N–H and O–H groups in total. The van der Waals surface area contributed by atoms with Gasteiger partial charge in [0.2, 0.25) is 0 Å². The summed E-state index contributed by atoms with van der Waals surface area (Å²) in [6.07, 6.45) is 2.93. The molecule has 0 aliphatic carbocycles. The minimum absolute atomic E-state index is 0.0109. The molecule has 4 rings (SSSR count). The van der Waals surface area contributed by atoms with Crippen molar-refractivity contribution in [1.82, 2.24) is 24.4 Å². The van der Waals surface area contributed by atoms with Crippen LogP contribution in [0.4, 0.5) is 8.78 Å². The Labute approximate surface area is 161 Å². The molecule has 3 heterocycles. The molecule has 3 aromatic heterocycles. The SMILES string of the molecule is CC.CC.Cn1ncc2c(F)c(Cc3cnc4ccc(Cl)nn34)c(F)cc21. The maximum Gasteiger partial charge on any atom is 0.153 e. The Bertz CT molecular complexity index is 1060. The quantitative estimate of drug-likeness (QED) is 0.470. The molecule has 0 unspecified atom stereocenters. The minimum atomic E-state index is -0.629. The van der Waals surface area contributed by atoms with Crippen molar-refractivity contribution >= 4 is 28.2 Å². The molecule has 0 aliphatic rings. The van der Waals surface area contributed by atoms with Crippen LogP contribution < -0.4 is 0 Å². The van der Waals surface area contributed by atoms with Gasteiger partial charge in [-0.2, -0.15) is 10.2 Å². The highest BCUT2D eigenvalue weighted by molar-refractivity contribution is 6.29. The van der Waals surface area contributed by atoms with Gasteiger partial charge in [0.05, 0.1) is 29.0 Å². The molecular formula is C19H22ClF2N5. The van der Waals surface area contributed by atoms with Crippen molar-refractivity contribution in [2.24, 2.45) is 7.05 Å². The number of nitrogens with zero attached hydrogens (tertiary/aromatic N) is 5. The second-order valence-corrected chi connectivity index (χ2v) is 5.59. The van der Waals surface area contributed by atoms with Crippen LogP contribution in [0.5, 0.6) is 0 Å². The van der Waals surface area contributed by atoms with Gasteiger partial charge in [-0.25, -0.2) is 18.3 Å². The van der Waals surface area contributed by atoms with Gasteiger partial charge in [-0.1, -0.05) is 39.3 Å². The average molecular weight is 394 g/mol. The zero-order chi connectivity index (χ0) is 20.1. The van der Waals surface area contributed by atoms with Gasteiger partial charge >= 0.3 is 0 Å². The van der Waals surface area contributed by atoms with E-state index in [1.807, 2.05) is 27.7 Å². The number of aromatic nitrogens is 5. The highest BCUT2D eigenvalue weighted by atomic mass is 35.5. The second-order valence-electron chi connectivity index (χ2n) is 5.20. The Kier molecular flexibility index (Phi) is 6.85. The van der Waals surface area contributed by atoms with E-state index in [4.69, 9.17) is 11.6 Å². The monoisotopic (exact) mass is 393 g/mol. The predicted octanol–water partition coefficient (Wildman–Crippen LogP) is 5.19. The van der Waals surface area contributed by atoms with Crippen LogP contribution in [0.25, 0.3) is 16.6 Å². The van der Waals surface area contributed by atoms with Crippen LogP contribution in [0, 0.1) is 11.6 Å². The Hall–Kier alpha value is -2.54. The number of rotatable bonds is 2. The van der Waals surface area contributed by atoms with E-state index in [1.54, 1.807) is 19.2 Å². The number of halogens is 3. The first-order valence-electron chi connectivity index (χ1n) is 8.82. The van der Waals surface area contributed by atoms with E-state index in [0.717, 1.165) is 0 Å². The van der Waals surface area contributed by atoms with Crippen LogP contribution in [0.3, 0.4) is 0 Å². The number of hydrogen-bond acceptors (Lipinski definition) is 3. The molecule has 1 aromatic carbocycles. The van der Waals surface area contributed by atoms with Crippen LogP contribution in [-0.4, -0.2) is 24.4 Å². The van der Waals surface area contributed by atoms with Crippen molar-refractivity contribution in [3.63, 3.8) is 0 Å². The molecule has 0 spiro atoms. The molecular weight excluding hydrogens is 372 g/mol. The minimum Gasteiger partial charge on any atom is -0.268 e. The number of hydrogen-bond donors (Lipinski definition) is 0. The Balaban J connectivity index is 0.000000614. The van der Waals surface area contributed by atoms with E-state index < -0.39 is 11.6 Å². The highest BCUT2D eigenvalue weighted by Crippen LogP contribution is 2.26. The lowest BCUT2D eigenvalue weighted by Crippen LogP contribution is -2.03. The molecule has 4 aromatic rings. The lowest BCUT2D eigenvalue weighted by Gasteiger charge is -2.06. The van der Waals surface area contributed by atoms with Gasteiger partial charge in [-0.05, 0) is 12.1 Å². The van der Waals surface area contributed by atoms with Crippen LogP contribution in [0.15, 0.2) is 30.6 Å². The van der Waals surface area contributed by atoms with E-state index in [0.29, 0.717) is 16.9 Å². The highest BCUT2D eigenvalue weighted by Gasteiger charge is 2.18. The standard InChI is InChI=1S/C15H10ClF2N5.2C2H6/c1-22-12-5-11(17)9(15(18)10(12)7-20-22)4-8-6-19-14-3-2-13(16)21-23(8)14;2*1-2/h2-3,5-7H,4H2,1H3;2*1-2H3. The normalized spacial score (nSPS) is 10.4. The second kappa shape index (κ2) is 8.90. The van der Waals surface area contributed by atoms with Gasteiger partial charge in [0.1, 0.15) is 16.8 Å². The Morgan fingerprint density at radius 1 is 1.07 bits per heavy atom. The summed E-state index contributed by atoms with van der Waals surface area (Å²) in [5.41, 5.74) is 1.47. The van der Waals surface area contributed by atoms with E-state index in [1.165, 1.54) is 27.7 Å². The summed E-state index contributed by atoms with van der Waals surface area (Å²) in [6.45, 7) is 8.00. The molecule has 0 amide bonds. The smallest absolute Gasteiger partial charge is 0.153 e. The third-order valence-corrected chi connectivity index (χ3v) is 4.00. The van der Waals surface area contributed by atoms with Crippen molar-refractivity contribution in [2.45, 2.75) is 34.1 Å². The molecule has 5 nitrogen and oxygen atoms in total. The third kappa shape index (κ3) is 3.93. The fourth-order valence-electron chi connectivity index (χ4n) is 2.62. The van der Waals surface area contributed by atoms with Crippen LogP contribution in [0.2, 0.25) is 5.15 Å². The molecule has 0 atom stereocenters. The maximum absolute atomic E-state index is 14.6. The predicted molar refractivity (Wildman–Crippen MR) is 104 cm³/mol. The molecule has 0 fully saturated rings. The zero-order valence-electron chi connectivity index (χ0n) is 16.0. The number of fused-ring (bicyclic) bond motifs is 2.